The zero-order chi connectivity index (χ0) is 16.4. The van der Waals surface area contributed by atoms with E-state index >= 15 is 0 Å². The summed E-state index contributed by atoms with van der Waals surface area (Å²) < 4.78 is 8.20. The molecule has 0 aromatic carbocycles. The van der Waals surface area contributed by atoms with Gasteiger partial charge in [-0.15, -0.1) is 10.2 Å². The monoisotopic (exact) mass is 351 g/mol. The Labute approximate surface area is 146 Å². The number of hydrogen-bond donors (Lipinski definition) is 2. The standard InChI is InChI=1S/C16H25N5O2S/c22-15(17-11-14-20-19-13-2-1-6-21(13)14)18-12-3-7-23-16(10-12)4-8-24-9-5-16/h12H,1-11H2,(H2,17,18,22). The Morgan fingerprint density at radius 2 is 2.25 bits per heavy atom. The molecular weight excluding hydrogens is 326 g/mol. The van der Waals surface area contributed by atoms with E-state index in [9.17, 15) is 4.79 Å². The lowest BCUT2D eigenvalue weighted by atomic mass is 9.85. The highest BCUT2D eigenvalue weighted by Gasteiger charge is 2.39. The molecule has 2 fully saturated rings. The highest BCUT2D eigenvalue weighted by molar-refractivity contribution is 7.99. The summed E-state index contributed by atoms with van der Waals surface area (Å²) in [6, 6.07) is 0.0866. The van der Waals surface area contributed by atoms with E-state index in [4.69, 9.17) is 4.74 Å². The Hall–Kier alpha value is -1.28. The molecule has 1 aromatic rings. The van der Waals surface area contributed by atoms with Gasteiger partial charge in [-0.1, -0.05) is 0 Å². The first-order valence-corrected chi connectivity index (χ1v) is 10.1. The van der Waals surface area contributed by atoms with Crippen LogP contribution in [0.25, 0.3) is 0 Å². The zero-order valence-corrected chi connectivity index (χ0v) is 14.7. The number of amides is 2. The molecule has 24 heavy (non-hydrogen) atoms. The van der Waals surface area contributed by atoms with E-state index in [1.807, 2.05) is 11.8 Å². The first-order chi connectivity index (χ1) is 11.7. The first-order valence-electron chi connectivity index (χ1n) is 8.91. The van der Waals surface area contributed by atoms with Crippen molar-refractivity contribution in [1.29, 1.82) is 0 Å². The smallest absolute Gasteiger partial charge is 0.315 e. The third kappa shape index (κ3) is 3.39. The first kappa shape index (κ1) is 16.2. The molecule has 0 saturated carbocycles. The van der Waals surface area contributed by atoms with E-state index in [1.165, 1.54) is 0 Å². The summed E-state index contributed by atoms with van der Waals surface area (Å²) in [5.74, 6) is 4.22. The number of urea groups is 1. The molecule has 2 saturated heterocycles. The third-order valence-electron chi connectivity index (χ3n) is 5.33. The second kappa shape index (κ2) is 6.92. The van der Waals surface area contributed by atoms with Gasteiger partial charge < -0.3 is 19.9 Å². The summed E-state index contributed by atoms with van der Waals surface area (Å²) >= 11 is 2.00. The Morgan fingerprint density at radius 1 is 1.38 bits per heavy atom. The maximum Gasteiger partial charge on any atom is 0.315 e. The molecule has 2 amide bonds. The predicted molar refractivity (Wildman–Crippen MR) is 92.0 cm³/mol. The van der Waals surface area contributed by atoms with Gasteiger partial charge in [0.15, 0.2) is 5.82 Å². The number of nitrogens with zero attached hydrogens (tertiary/aromatic N) is 3. The van der Waals surface area contributed by atoms with Gasteiger partial charge >= 0.3 is 6.03 Å². The van der Waals surface area contributed by atoms with Crippen molar-refractivity contribution in [1.82, 2.24) is 25.4 Å². The second-order valence-electron chi connectivity index (χ2n) is 6.95. The molecule has 132 valence electrons. The van der Waals surface area contributed by atoms with Crippen LogP contribution in [0.4, 0.5) is 4.79 Å². The lowest BCUT2D eigenvalue weighted by Crippen LogP contribution is -2.52. The molecule has 0 radical (unpaired) electrons. The van der Waals surface area contributed by atoms with E-state index in [0.717, 1.165) is 74.8 Å². The van der Waals surface area contributed by atoms with Crippen LogP contribution in [0.3, 0.4) is 0 Å². The molecule has 4 rings (SSSR count). The summed E-state index contributed by atoms with van der Waals surface area (Å²) in [5, 5.41) is 14.4. The van der Waals surface area contributed by atoms with Crippen LogP contribution in [0.5, 0.6) is 0 Å². The number of nitrogens with one attached hydrogen (secondary N) is 2. The van der Waals surface area contributed by atoms with Crippen LogP contribution in [0.15, 0.2) is 0 Å². The maximum atomic E-state index is 12.3. The van der Waals surface area contributed by atoms with Crippen LogP contribution in [0.2, 0.25) is 0 Å². The number of rotatable bonds is 3. The van der Waals surface area contributed by atoms with E-state index in [1.54, 1.807) is 0 Å². The van der Waals surface area contributed by atoms with Crippen molar-refractivity contribution in [2.75, 3.05) is 18.1 Å². The molecule has 0 aliphatic carbocycles. The molecule has 1 spiro atoms. The number of carbonyl (C=O) groups excluding carboxylic acids is 1. The quantitative estimate of drug-likeness (QED) is 0.862. The highest BCUT2D eigenvalue weighted by atomic mass is 32.2. The van der Waals surface area contributed by atoms with Gasteiger partial charge in [0, 0.05) is 25.6 Å². The minimum absolute atomic E-state index is 0.00469. The fourth-order valence-corrected chi connectivity index (χ4v) is 5.22. The van der Waals surface area contributed by atoms with Gasteiger partial charge in [-0.05, 0) is 43.6 Å². The van der Waals surface area contributed by atoms with Crippen molar-refractivity contribution in [3.05, 3.63) is 11.6 Å². The van der Waals surface area contributed by atoms with E-state index < -0.39 is 0 Å². The van der Waals surface area contributed by atoms with Gasteiger partial charge in [-0.2, -0.15) is 11.8 Å². The van der Waals surface area contributed by atoms with Crippen LogP contribution >= 0.6 is 11.8 Å². The van der Waals surface area contributed by atoms with Crippen molar-refractivity contribution in [3.8, 4) is 0 Å². The fourth-order valence-electron chi connectivity index (χ4n) is 3.98. The van der Waals surface area contributed by atoms with Crippen molar-refractivity contribution in [3.63, 3.8) is 0 Å². The summed E-state index contributed by atoms with van der Waals surface area (Å²) in [7, 11) is 0. The molecule has 3 aliphatic heterocycles. The van der Waals surface area contributed by atoms with Gasteiger partial charge in [0.25, 0.3) is 0 Å². The number of hydrogen-bond acceptors (Lipinski definition) is 5. The molecule has 3 aliphatic rings. The van der Waals surface area contributed by atoms with Crippen LogP contribution in [0.1, 0.15) is 43.8 Å². The topological polar surface area (TPSA) is 81.1 Å². The SMILES string of the molecule is O=C(NCc1nnc2n1CCC2)NC1CCOC2(CCSCC2)C1. The Morgan fingerprint density at radius 3 is 3.12 bits per heavy atom. The number of fused-ring (bicyclic) bond motifs is 1. The maximum absolute atomic E-state index is 12.3. The van der Waals surface area contributed by atoms with Gasteiger partial charge in [-0.25, -0.2) is 4.79 Å². The van der Waals surface area contributed by atoms with Gasteiger partial charge in [-0.3, -0.25) is 0 Å². The number of ether oxygens (including phenoxy) is 1. The minimum Gasteiger partial charge on any atom is -0.375 e. The van der Waals surface area contributed by atoms with E-state index in [-0.39, 0.29) is 17.7 Å². The molecule has 2 N–H and O–H groups in total. The summed E-state index contributed by atoms with van der Waals surface area (Å²) in [4.78, 5) is 12.3. The summed E-state index contributed by atoms with van der Waals surface area (Å²) in [5.41, 5.74) is -0.00469. The number of carbonyl (C=O) groups is 1. The normalized spacial score (nSPS) is 25.4. The molecule has 7 nitrogen and oxygen atoms in total. The Bertz CT molecular complexity index is 594. The largest absolute Gasteiger partial charge is 0.375 e. The van der Waals surface area contributed by atoms with Gasteiger partial charge in [0.05, 0.1) is 12.1 Å². The average Bonchev–Trinajstić information content (AvgIpc) is 3.17. The van der Waals surface area contributed by atoms with Gasteiger partial charge in [0.2, 0.25) is 0 Å². The van der Waals surface area contributed by atoms with Crippen molar-refractivity contribution in [2.24, 2.45) is 0 Å². The summed E-state index contributed by atoms with van der Waals surface area (Å²) in [6.07, 6.45) is 6.13. The lowest BCUT2D eigenvalue weighted by molar-refractivity contribution is -0.0916. The molecule has 1 atom stereocenters. The fraction of sp³-hybridized carbons (Fsp3) is 0.812. The van der Waals surface area contributed by atoms with Crippen molar-refractivity contribution in [2.45, 2.75) is 63.3 Å². The lowest BCUT2D eigenvalue weighted by Gasteiger charge is -2.43. The molecule has 4 heterocycles. The third-order valence-corrected chi connectivity index (χ3v) is 6.31. The molecule has 1 aromatic heterocycles. The summed E-state index contributed by atoms with van der Waals surface area (Å²) in [6.45, 7) is 2.14. The average molecular weight is 351 g/mol. The Balaban J connectivity index is 1.28. The van der Waals surface area contributed by atoms with Crippen LogP contribution in [-0.2, 0) is 24.2 Å². The number of aromatic nitrogens is 3. The minimum atomic E-state index is -0.113. The van der Waals surface area contributed by atoms with Crippen molar-refractivity contribution >= 4 is 17.8 Å². The number of thioether (sulfide) groups is 1. The molecule has 8 heteroatoms. The molecule has 1 unspecified atom stereocenters. The van der Waals surface area contributed by atoms with E-state index in [0.29, 0.717) is 6.54 Å². The highest BCUT2D eigenvalue weighted by Crippen LogP contribution is 2.37. The van der Waals surface area contributed by atoms with Gasteiger partial charge in [0.1, 0.15) is 5.82 Å². The number of aryl methyl sites for hydroxylation is 1. The predicted octanol–water partition coefficient (Wildman–Crippen LogP) is 1.47. The molecule has 0 bridgehead atoms. The van der Waals surface area contributed by atoms with E-state index in [2.05, 4.69) is 25.4 Å². The van der Waals surface area contributed by atoms with Crippen LogP contribution in [-0.4, -0.2) is 50.6 Å². The van der Waals surface area contributed by atoms with Crippen LogP contribution < -0.4 is 10.6 Å². The second-order valence-corrected chi connectivity index (χ2v) is 8.17. The molecular formula is C16H25N5O2S. The Kier molecular flexibility index (Phi) is 4.67. The van der Waals surface area contributed by atoms with Crippen molar-refractivity contribution < 1.29 is 9.53 Å². The zero-order valence-electron chi connectivity index (χ0n) is 13.9. The van der Waals surface area contributed by atoms with Crippen LogP contribution in [0, 0.1) is 0 Å².